The minimum absolute atomic E-state index is 0.0355. The molecule has 11 heteroatoms. The molecule has 0 aliphatic rings. The zero-order chi connectivity index (χ0) is 28.7. The summed E-state index contributed by atoms with van der Waals surface area (Å²) in [4.78, 5) is 42.9. The highest BCUT2D eigenvalue weighted by atomic mass is 35.5. The normalized spacial score (nSPS) is 10.8. The van der Waals surface area contributed by atoms with Gasteiger partial charge in [0.05, 0.1) is 36.3 Å². The summed E-state index contributed by atoms with van der Waals surface area (Å²) in [5.74, 6) is 0.546. The van der Waals surface area contributed by atoms with E-state index in [2.05, 4.69) is 0 Å². The minimum atomic E-state index is -0.577. The lowest BCUT2D eigenvalue weighted by molar-refractivity contribution is -0.384. The number of nitro groups is 1. The van der Waals surface area contributed by atoms with E-state index >= 15 is 0 Å². The number of amides is 2. The zero-order valence-electron chi connectivity index (χ0n) is 22.6. The molecule has 2 aromatic carbocycles. The van der Waals surface area contributed by atoms with E-state index < -0.39 is 10.8 Å². The van der Waals surface area contributed by atoms with Crippen LogP contribution in [-0.2, 0) is 17.8 Å². The van der Waals surface area contributed by atoms with Gasteiger partial charge in [-0.3, -0.25) is 19.7 Å². The van der Waals surface area contributed by atoms with Crippen LogP contribution in [-0.4, -0.2) is 59.9 Å². The second kappa shape index (κ2) is 13.4. The van der Waals surface area contributed by atoms with Crippen LogP contribution in [0.25, 0.3) is 0 Å². The molecule has 3 aromatic rings. The predicted octanol–water partition coefficient (Wildman–Crippen LogP) is 5.76. The Morgan fingerprint density at radius 1 is 1.05 bits per heavy atom. The molecule has 0 spiro atoms. The molecule has 0 atom stereocenters. The molecular weight excluding hydrogens is 542 g/mol. The van der Waals surface area contributed by atoms with E-state index in [0.29, 0.717) is 31.0 Å². The molecule has 0 aliphatic heterocycles. The summed E-state index contributed by atoms with van der Waals surface area (Å²) in [5.41, 5.74) is 0.869. The van der Waals surface area contributed by atoms with Crippen molar-refractivity contribution in [2.24, 2.45) is 0 Å². The molecule has 2 amide bonds. The van der Waals surface area contributed by atoms with Gasteiger partial charge in [-0.1, -0.05) is 17.7 Å². The Bertz CT molecular complexity index is 1340. The van der Waals surface area contributed by atoms with Crippen molar-refractivity contribution in [3.8, 4) is 11.5 Å². The number of ether oxygens (including phenoxy) is 2. The molecule has 0 aliphatic carbocycles. The first-order chi connectivity index (χ1) is 18.5. The van der Waals surface area contributed by atoms with Crippen molar-refractivity contribution in [1.82, 2.24) is 9.80 Å². The van der Waals surface area contributed by atoms with Crippen molar-refractivity contribution >= 4 is 40.4 Å². The fraction of sp³-hybridized carbons (Fsp3) is 0.357. The summed E-state index contributed by atoms with van der Waals surface area (Å²) < 4.78 is 10.7. The molecule has 9 nitrogen and oxygen atoms in total. The highest BCUT2D eigenvalue weighted by molar-refractivity contribution is 7.11. The Morgan fingerprint density at radius 2 is 1.77 bits per heavy atom. The van der Waals surface area contributed by atoms with Crippen molar-refractivity contribution < 1.29 is 24.0 Å². The second-order valence-corrected chi connectivity index (χ2v) is 11.0. The number of rotatable bonds is 12. The van der Waals surface area contributed by atoms with Gasteiger partial charge in [-0.2, -0.15) is 0 Å². The van der Waals surface area contributed by atoms with Gasteiger partial charge in [0, 0.05) is 34.5 Å². The molecular formula is C28H32ClN3O6S. The van der Waals surface area contributed by atoms with Crippen molar-refractivity contribution in [2.75, 3.05) is 27.3 Å². The number of non-ortho nitro benzene ring substituents is 1. The van der Waals surface area contributed by atoms with Crippen LogP contribution in [0.15, 0.2) is 48.5 Å². The lowest BCUT2D eigenvalue weighted by Crippen LogP contribution is -2.46. The number of carbonyl (C=O) groups is 2. The zero-order valence-corrected chi connectivity index (χ0v) is 24.2. The molecule has 0 saturated heterocycles. The fourth-order valence-electron chi connectivity index (χ4n) is 4.03. The summed E-state index contributed by atoms with van der Waals surface area (Å²) >= 11 is 7.84. The number of hydrogen-bond acceptors (Lipinski definition) is 7. The van der Waals surface area contributed by atoms with Crippen LogP contribution in [0.2, 0.25) is 5.02 Å². The second-order valence-electron chi connectivity index (χ2n) is 9.22. The van der Waals surface area contributed by atoms with Crippen LogP contribution in [0, 0.1) is 17.0 Å². The van der Waals surface area contributed by atoms with Crippen LogP contribution in [0.3, 0.4) is 0 Å². The van der Waals surface area contributed by atoms with E-state index in [-0.39, 0.29) is 34.8 Å². The summed E-state index contributed by atoms with van der Waals surface area (Å²) in [7, 11) is 3.15. The fourth-order valence-corrected chi connectivity index (χ4v) is 5.19. The van der Waals surface area contributed by atoms with Crippen LogP contribution in [0.5, 0.6) is 11.5 Å². The standard InChI is InChI=1S/C28H32ClN3O6S/c1-18(2)31(28(34)23-10-8-21(32(35)36)15-24(23)29)17-27(33)30(16-22-9-6-19(3)39-22)13-12-20-7-11-25(37-4)26(14-20)38-5/h6-11,14-15,18H,12-13,16-17H2,1-5H3. The monoisotopic (exact) mass is 573 g/mol. The van der Waals surface area contributed by atoms with E-state index in [1.165, 1.54) is 17.0 Å². The molecule has 0 N–H and O–H groups in total. The summed E-state index contributed by atoms with van der Waals surface area (Å²) in [5, 5.41) is 11.0. The number of thiophene rings is 1. The molecule has 0 bridgehead atoms. The minimum Gasteiger partial charge on any atom is -0.493 e. The number of nitro benzene ring substituents is 1. The van der Waals surface area contributed by atoms with Gasteiger partial charge in [-0.05, 0) is 63.1 Å². The first-order valence-electron chi connectivity index (χ1n) is 12.3. The Labute approximate surface area is 237 Å². The molecule has 0 unspecified atom stereocenters. The van der Waals surface area contributed by atoms with Crippen LogP contribution in [0.4, 0.5) is 5.69 Å². The van der Waals surface area contributed by atoms with Crippen LogP contribution < -0.4 is 9.47 Å². The molecule has 1 aromatic heterocycles. The molecule has 208 valence electrons. The lowest BCUT2D eigenvalue weighted by Gasteiger charge is -2.30. The Balaban J connectivity index is 1.82. The quantitative estimate of drug-likeness (QED) is 0.202. The maximum absolute atomic E-state index is 13.6. The van der Waals surface area contributed by atoms with Crippen molar-refractivity contribution in [1.29, 1.82) is 0 Å². The van der Waals surface area contributed by atoms with Gasteiger partial charge < -0.3 is 19.3 Å². The average molecular weight is 574 g/mol. The number of benzene rings is 2. The van der Waals surface area contributed by atoms with Crippen molar-refractivity contribution in [2.45, 2.75) is 39.8 Å². The summed E-state index contributed by atoms with van der Waals surface area (Å²) in [6.07, 6.45) is 0.570. The van der Waals surface area contributed by atoms with Gasteiger partial charge in [0.2, 0.25) is 5.91 Å². The first-order valence-corrected chi connectivity index (χ1v) is 13.5. The van der Waals surface area contributed by atoms with Gasteiger partial charge >= 0.3 is 0 Å². The van der Waals surface area contributed by atoms with Gasteiger partial charge in [0.1, 0.15) is 6.54 Å². The van der Waals surface area contributed by atoms with Crippen molar-refractivity contribution in [3.05, 3.63) is 84.5 Å². The van der Waals surface area contributed by atoms with Gasteiger partial charge in [0.25, 0.3) is 11.6 Å². The molecule has 0 radical (unpaired) electrons. The third-order valence-corrected chi connectivity index (χ3v) is 7.50. The maximum atomic E-state index is 13.6. The predicted molar refractivity (Wildman–Crippen MR) is 152 cm³/mol. The average Bonchev–Trinajstić information content (AvgIpc) is 3.32. The van der Waals surface area contributed by atoms with Crippen molar-refractivity contribution in [3.63, 3.8) is 0 Å². The number of methoxy groups -OCH3 is 2. The third kappa shape index (κ3) is 7.70. The summed E-state index contributed by atoms with van der Waals surface area (Å²) in [6.45, 7) is 6.28. The van der Waals surface area contributed by atoms with E-state index in [4.69, 9.17) is 21.1 Å². The first kappa shape index (κ1) is 29.9. The van der Waals surface area contributed by atoms with Crippen LogP contribution in [0.1, 0.15) is 39.5 Å². The topological polar surface area (TPSA) is 102 Å². The maximum Gasteiger partial charge on any atom is 0.270 e. The highest BCUT2D eigenvalue weighted by Gasteiger charge is 2.27. The Kier molecular flexibility index (Phi) is 10.3. The van der Waals surface area contributed by atoms with E-state index in [0.717, 1.165) is 21.4 Å². The Morgan fingerprint density at radius 3 is 2.33 bits per heavy atom. The number of carbonyl (C=O) groups excluding carboxylic acids is 2. The SMILES string of the molecule is COc1ccc(CCN(Cc2ccc(C)s2)C(=O)CN(C(=O)c2ccc([N+](=O)[O-])cc2Cl)C(C)C)cc1OC. The number of nitrogens with zero attached hydrogens (tertiary/aromatic N) is 3. The molecule has 1 heterocycles. The van der Waals surface area contributed by atoms with Gasteiger partial charge in [0.15, 0.2) is 11.5 Å². The van der Waals surface area contributed by atoms with E-state index in [1.54, 1.807) is 44.3 Å². The van der Waals surface area contributed by atoms with Crippen LogP contribution >= 0.6 is 22.9 Å². The third-order valence-electron chi connectivity index (χ3n) is 6.20. The van der Waals surface area contributed by atoms with E-state index in [9.17, 15) is 19.7 Å². The molecule has 39 heavy (non-hydrogen) atoms. The smallest absolute Gasteiger partial charge is 0.270 e. The number of aryl methyl sites for hydroxylation is 1. The number of halogens is 1. The lowest BCUT2D eigenvalue weighted by atomic mass is 10.1. The van der Waals surface area contributed by atoms with E-state index in [1.807, 2.05) is 37.3 Å². The Hall–Kier alpha value is -3.63. The highest BCUT2D eigenvalue weighted by Crippen LogP contribution is 2.28. The molecule has 3 rings (SSSR count). The van der Waals surface area contributed by atoms with Gasteiger partial charge in [-0.25, -0.2) is 0 Å². The molecule has 0 saturated carbocycles. The molecule has 0 fully saturated rings. The number of hydrogen-bond donors (Lipinski definition) is 0. The van der Waals surface area contributed by atoms with Gasteiger partial charge in [-0.15, -0.1) is 11.3 Å². The largest absolute Gasteiger partial charge is 0.493 e. The summed E-state index contributed by atoms with van der Waals surface area (Å²) in [6, 6.07) is 13.0.